The van der Waals surface area contributed by atoms with Crippen LogP contribution in [0.2, 0.25) is 0 Å². The summed E-state index contributed by atoms with van der Waals surface area (Å²) < 4.78 is 1.78. The maximum atomic E-state index is 12.1. The van der Waals surface area contributed by atoms with Crippen LogP contribution in [0.1, 0.15) is 11.4 Å². The number of aryl methyl sites for hydroxylation is 1. The molecular weight excluding hydrogens is 322 g/mol. The molecule has 0 spiro atoms. The van der Waals surface area contributed by atoms with Gasteiger partial charge < -0.3 is 4.57 Å². The molecule has 0 atom stereocenters. The average molecular weight is 337 g/mol. The molecule has 0 bridgehead atoms. The highest BCUT2D eigenvalue weighted by molar-refractivity contribution is 5.87. The smallest absolute Gasteiger partial charge is 0.278 e. The lowest BCUT2D eigenvalue weighted by molar-refractivity contribution is -0.385. The van der Waals surface area contributed by atoms with E-state index in [2.05, 4.69) is 15.5 Å². The van der Waals surface area contributed by atoms with Crippen molar-refractivity contribution in [3.8, 4) is 0 Å². The first-order valence-electron chi connectivity index (χ1n) is 7.53. The Labute approximate surface area is 142 Å². The van der Waals surface area contributed by atoms with E-state index < -0.39 is 4.92 Å². The second-order valence-electron chi connectivity index (χ2n) is 5.34. The summed E-state index contributed by atoms with van der Waals surface area (Å²) in [7, 11) is 0. The van der Waals surface area contributed by atoms with E-state index in [-0.39, 0.29) is 18.1 Å². The molecule has 0 aliphatic carbocycles. The first-order chi connectivity index (χ1) is 12.1. The molecule has 0 fully saturated rings. The summed E-state index contributed by atoms with van der Waals surface area (Å²) in [5.41, 5.74) is 4.31. The number of nitrogens with zero attached hydrogens (tertiary/aromatic N) is 4. The third-order valence-electron chi connectivity index (χ3n) is 3.67. The minimum atomic E-state index is -0.496. The molecule has 3 aromatic rings. The van der Waals surface area contributed by atoms with E-state index >= 15 is 0 Å². The van der Waals surface area contributed by atoms with Crippen molar-refractivity contribution in [2.75, 3.05) is 0 Å². The van der Waals surface area contributed by atoms with Crippen LogP contribution in [0.15, 0.2) is 53.6 Å². The molecular formula is C17H15N5O3. The molecule has 0 saturated carbocycles. The third-order valence-corrected chi connectivity index (χ3v) is 3.67. The lowest BCUT2D eigenvalue weighted by atomic mass is 10.2. The van der Waals surface area contributed by atoms with Crippen molar-refractivity contribution < 1.29 is 9.72 Å². The van der Waals surface area contributed by atoms with Gasteiger partial charge in [-0.15, -0.1) is 0 Å². The van der Waals surface area contributed by atoms with Crippen LogP contribution in [0, 0.1) is 17.0 Å². The summed E-state index contributed by atoms with van der Waals surface area (Å²) in [6.45, 7) is 1.88. The van der Waals surface area contributed by atoms with Gasteiger partial charge in [-0.25, -0.2) is 10.4 Å². The van der Waals surface area contributed by atoms with Crippen LogP contribution in [0.4, 0.5) is 5.69 Å². The number of carbonyl (C=O) groups is 1. The summed E-state index contributed by atoms with van der Waals surface area (Å²) >= 11 is 0. The zero-order valence-corrected chi connectivity index (χ0v) is 13.4. The molecule has 126 valence electrons. The van der Waals surface area contributed by atoms with Crippen LogP contribution in [0.3, 0.4) is 0 Å². The van der Waals surface area contributed by atoms with E-state index in [1.54, 1.807) is 22.8 Å². The number of imidazole rings is 1. The van der Waals surface area contributed by atoms with E-state index in [0.29, 0.717) is 5.56 Å². The van der Waals surface area contributed by atoms with E-state index in [4.69, 9.17) is 0 Å². The summed E-state index contributed by atoms with van der Waals surface area (Å²) in [5, 5.41) is 14.8. The van der Waals surface area contributed by atoms with E-state index in [1.807, 2.05) is 31.2 Å². The van der Waals surface area contributed by atoms with Crippen molar-refractivity contribution in [1.29, 1.82) is 0 Å². The van der Waals surface area contributed by atoms with Crippen LogP contribution >= 0.6 is 0 Å². The van der Waals surface area contributed by atoms with Crippen molar-refractivity contribution >= 4 is 28.8 Å². The molecule has 0 unspecified atom stereocenters. The van der Waals surface area contributed by atoms with Crippen molar-refractivity contribution in [3.63, 3.8) is 0 Å². The monoisotopic (exact) mass is 337 g/mol. The van der Waals surface area contributed by atoms with Crippen LogP contribution in [-0.2, 0) is 11.3 Å². The number of hydrazone groups is 1. The topological polar surface area (TPSA) is 102 Å². The minimum absolute atomic E-state index is 0.0561. The Kier molecular flexibility index (Phi) is 4.51. The van der Waals surface area contributed by atoms with E-state index in [1.165, 1.54) is 12.3 Å². The number of fused-ring (bicyclic) bond motifs is 1. The van der Waals surface area contributed by atoms with Gasteiger partial charge in [0.25, 0.3) is 11.6 Å². The molecule has 0 aliphatic rings. The van der Waals surface area contributed by atoms with Gasteiger partial charge in [-0.05, 0) is 25.1 Å². The summed E-state index contributed by atoms with van der Waals surface area (Å²) in [6.07, 6.45) is 1.26. The van der Waals surface area contributed by atoms with Gasteiger partial charge in [0.2, 0.25) is 0 Å². The fourth-order valence-electron chi connectivity index (χ4n) is 2.51. The maximum absolute atomic E-state index is 12.1. The average Bonchev–Trinajstić information content (AvgIpc) is 2.91. The number of nitro benzene ring substituents is 1. The number of hydrogen-bond donors (Lipinski definition) is 1. The van der Waals surface area contributed by atoms with Gasteiger partial charge in [0.1, 0.15) is 12.4 Å². The van der Waals surface area contributed by atoms with Gasteiger partial charge in [-0.2, -0.15) is 5.10 Å². The van der Waals surface area contributed by atoms with E-state index in [0.717, 1.165) is 16.9 Å². The Balaban J connectivity index is 1.71. The molecule has 25 heavy (non-hydrogen) atoms. The Hall–Kier alpha value is -3.55. The second-order valence-corrected chi connectivity index (χ2v) is 5.34. The molecule has 8 heteroatoms. The molecule has 1 heterocycles. The maximum Gasteiger partial charge on any atom is 0.278 e. The Bertz CT molecular complexity index is 977. The molecule has 0 saturated heterocycles. The number of benzene rings is 2. The second kappa shape index (κ2) is 6.91. The third kappa shape index (κ3) is 3.52. The lowest BCUT2D eigenvalue weighted by Gasteiger charge is -2.05. The summed E-state index contributed by atoms with van der Waals surface area (Å²) in [5.74, 6) is 0.375. The number of carbonyl (C=O) groups excluding carboxylic acids is 1. The zero-order valence-electron chi connectivity index (χ0n) is 13.4. The molecule has 0 aliphatic heterocycles. The normalized spacial score (nSPS) is 11.1. The first-order valence-corrected chi connectivity index (χ1v) is 7.53. The number of para-hydroxylation sites is 3. The van der Waals surface area contributed by atoms with Crippen LogP contribution in [0.5, 0.6) is 0 Å². The largest absolute Gasteiger partial charge is 0.319 e. The Morgan fingerprint density at radius 1 is 1.28 bits per heavy atom. The molecule has 1 aromatic heterocycles. The zero-order chi connectivity index (χ0) is 17.8. The first kappa shape index (κ1) is 16.3. The van der Waals surface area contributed by atoms with E-state index in [9.17, 15) is 14.9 Å². The van der Waals surface area contributed by atoms with Gasteiger partial charge in [0, 0.05) is 6.07 Å². The number of amides is 1. The van der Waals surface area contributed by atoms with Gasteiger partial charge in [-0.3, -0.25) is 14.9 Å². The molecule has 1 amide bonds. The highest BCUT2D eigenvalue weighted by Crippen LogP contribution is 2.16. The van der Waals surface area contributed by atoms with Crippen molar-refractivity contribution in [3.05, 3.63) is 70.0 Å². The fourth-order valence-corrected chi connectivity index (χ4v) is 2.51. The number of hydrogen-bond acceptors (Lipinski definition) is 5. The standard InChI is InChI=1S/C17H15N5O3/c1-12-19-14-7-3-5-9-16(14)21(12)11-17(23)20-18-10-13-6-2-4-8-15(13)22(24)25/h2-10H,11H2,1H3,(H,20,23)/b18-10-. The number of aromatic nitrogens is 2. The molecule has 2 aromatic carbocycles. The molecule has 1 N–H and O–H groups in total. The predicted octanol–water partition coefficient (Wildman–Crippen LogP) is 2.40. The highest BCUT2D eigenvalue weighted by Gasteiger charge is 2.11. The number of nitro groups is 1. The van der Waals surface area contributed by atoms with Crippen LogP contribution < -0.4 is 5.43 Å². The minimum Gasteiger partial charge on any atom is -0.319 e. The van der Waals surface area contributed by atoms with Crippen molar-refractivity contribution in [2.24, 2.45) is 5.10 Å². The molecule has 8 nitrogen and oxygen atoms in total. The van der Waals surface area contributed by atoms with Crippen LogP contribution in [0.25, 0.3) is 11.0 Å². The van der Waals surface area contributed by atoms with Gasteiger partial charge in [-0.1, -0.05) is 24.3 Å². The highest BCUT2D eigenvalue weighted by atomic mass is 16.6. The van der Waals surface area contributed by atoms with Gasteiger partial charge in [0.15, 0.2) is 0 Å². The SMILES string of the molecule is Cc1nc2ccccc2n1CC(=O)N/N=C\c1ccccc1[N+](=O)[O-]. The predicted molar refractivity (Wildman–Crippen MR) is 93.3 cm³/mol. The number of nitrogens with one attached hydrogen (secondary N) is 1. The summed E-state index contributed by atoms with van der Waals surface area (Å²) in [6, 6.07) is 13.7. The van der Waals surface area contributed by atoms with Crippen LogP contribution in [-0.4, -0.2) is 26.6 Å². The quantitative estimate of drug-likeness (QED) is 0.439. The molecule has 0 radical (unpaired) electrons. The lowest BCUT2D eigenvalue weighted by Crippen LogP contribution is -2.23. The Morgan fingerprint density at radius 2 is 2.00 bits per heavy atom. The van der Waals surface area contributed by atoms with Gasteiger partial charge in [0.05, 0.1) is 27.7 Å². The molecule has 3 rings (SSSR count). The fraction of sp³-hybridized carbons (Fsp3) is 0.118. The number of rotatable bonds is 5. The van der Waals surface area contributed by atoms with Crippen molar-refractivity contribution in [2.45, 2.75) is 13.5 Å². The van der Waals surface area contributed by atoms with Gasteiger partial charge >= 0.3 is 0 Å². The van der Waals surface area contributed by atoms with Crippen molar-refractivity contribution in [1.82, 2.24) is 15.0 Å². The Morgan fingerprint density at radius 3 is 2.80 bits per heavy atom. The summed E-state index contributed by atoms with van der Waals surface area (Å²) in [4.78, 5) is 26.9.